The van der Waals surface area contributed by atoms with Gasteiger partial charge in [0.1, 0.15) is 5.75 Å². The van der Waals surface area contributed by atoms with Crippen molar-refractivity contribution in [3.05, 3.63) is 18.2 Å². The summed E-state index contributed by atoms with van der Waals surface area (Å²) < 4.78 is 6.44. The van der Waals surface area contributed by atoms with Crippen LogP contribution in [0.25, 0.3) is 0 Å². The van der Waals surface area contributed by atoms with Crippen molar-refractivity contribution in [3.8, 4) is 5.75 Å². The van der Waals surface area contributed by atoms with Crippen LogP contribution in [0.3, 0.4) is 0 Å². The number of fused-ring (bicyclic) bond motifs is 1. The molecule has 3 saturated carbocycles. The quantitative estimate of drug-likeness (QED) is 0.353. The second kappa shape index (κ2) is 10.8. The average molecular weight is 497 g/mol. The van der Waals surface area contributed by atoms with E-state index in [1.807, 2.05) is 18.2 Å². The zero-order chi connectivity index (χ0) is 26.3. The van der Waals surface area contributed by atoms with Crippen molar-refractivity contribution < 1.29 is 4.74 Å². The van der Waals surface area contributed by atoms with E-state index in [0.29, 0.717) is 22.2 Å². The molecule has 3 aliphatic carbocycles. The van der Waals surface area contributed by atoms with E-state index in [2.05, 4.69) is 48.5 Å². The molecule has 204 valence electrons. The zero-order valence-corrected chi connectivity index (χ0v) is 24.5. The molecular weight excluding hydrogens is 440 g/mol. The molecule has 0 amide bonds. The van der Waals surface area contributed by atoms with Gasteiger partial charge in [-0.3, -0.25) is 0 Å². The molecule has 1 aromatic rings. The summed E-state index contributed by atoms with van der Waals surface area (Å²) in [7, 11) is 0. The maximum atomic E-state index is 6.44. The van der Waals surface area contributed by atoms with Gasteiger partial charge in [-0.15, -0.1) is 0 Å². The van der Waals surface area contributed by atoms with Crippen LogP contribution in [0.5, 0.6) is 5.75 Å². The molecule has 4 rings (SSSR count). The molecule has 0 radical (unpaired) electrons. The van der Waals surface area contributed by atoms with E-state index in [1.165, 1.54) is 57.8 Å². The first kappa shape index (κ1) is 27.6. The highest BCUT2D eigenvalue weighted by Gasteiger charge is 2.55. The molecule has 0 aromatic heterocycles. The van der Waals surface area contributed by atoms with Gasteiger partial charge in [-0.1, -0.05) is 67.7 Å². The van der Waals surface area contributed by atoms with Gasteiger partial charge in [-0.2, -0.15) is 0 Å². The van der Waals surface area contributed by atoms with Crippen LogP contribution in [0.4, 0.5) is 11.4 Å². The molecule has 0 bridgehead atoms. The number of benzene rings is 1. The third kappa shape index (κ3) is 5.41. The van der Waals surface area contributed by atoms with Crippen LogP contribution in [0.1, 0.15) is 113 Å². The maximum absolute atomic E-state index is 6.44. The molecule has 3 nitrogen and oxygen atoms in total. The first-order chi connectivity index (χ1) is 16.9. The predicted octanol–water partition coefficient (Wildman–Crippen LogP) is 8.97. The van der Waals surface area contributed by atoms with Crippen LogP contribution in [-0.4, -0.2) is 6.10 Å². The standard InChI is InChI=1S/C33H56N2O/c1-21(2)9-8-10-22(3)28-14-15-29(32(28,5)6)27-13-11-24-19-26(17-18-33(24,7)23(27)4)36-31-16-12-25(34)20-30(31)35/h12,16,20-24,26-29H,8-11,13-15,17-19,34-35H2,1-7H3. The van der Waals surface area contributed by atoms with Crippen molar-refractivity contribution in [1.82, 2.24) is 0 Å². The van der Waals surface area contributed by atoms with Gasteiger partial charge in [0.15, 0.2) is 0 Å². The van der Waals surface area contributed by atoms with E-state index in [0.717, 1.165) is 53.6 Å². The molecule has 0 saturated heterocycles. The Balaban J connectivity index is 1.39. The van der Waals surface area contributed by atoms with Gasteiger partial charge in [-0.25, -0.2) is 0 Å². The Morgan fingerprint density at radius 2 is 1.72 bits per heavy atom. The van der Waals surface area contributed by atoms with E-state index >= 15 is 0 Å². The van der Waals surface area contributed by atoms with Crippen LogP contribution in [0.2, 0.25) is 0 Å². The number of nitrogen functional groups attached to an aromatic ring is 2. The van der Waals surface area contributed by atoms with Crippen LogP contribution in [0.15, 0.2) is 18.2 Å². The molecule has 8 atom stereocenters. The van der Waals surface area contributed by atoms with E-state index in [4.69, 9.17) is 16.2 Å². The number of hydrogen-bond donors (Lipinski definition) is 2. The Bertz CT molecular complexity index is 878. The monoisotopic (exact) mass is 496 g/mol. The van der Waals surface area contributed by atoms with Crippen molar-refractivity contribution in [2.75, 3.05) is 11.5 Å². The van der Waals surface area contributed by atoms with Crippen LogP contribution in [-0.2, 0) is 0 Å². The highest BCUT2D eigenvalue weighted by Crippen LogP contribution is 2.63. The lowest BCUT2D eigenvalue weighted by molar-refractivity contribution is -0.0852. The summed E-state index contributed by atoms with van der Waals surface area (Å²) in [4.78, 5) is 0. The normalized spacial score (nSPS) is 37.0. The molecular formula is C33H56N2O. The zero-order valence-electron chi connectivity index (χ0n) is 24.5. The van der Waals surface area contributed by atoms with E-state index in [9.17, 15) is 0 Å². The summed E-state index contributed by atoms with van der Waals surface area (Å²) in [6.45, 7) is 17.8. The molecule has 3 aliphatic rings. The fourth-order valence-electron chi connectivity index (χ4n) is 9.28. The van der Waals surface area contributed by atoms with Crippen molar-refractivity contribution in [2.45, 2.75) is 119 Å². The Kier molecular flexibility index (Phi) is 8.28. The highest BCUT2D eigenvalue weighted by atomic mass is 16.5. The van der Waals surface area contributed by atoms with Crippen molar-refractivity contribution in [2.24, 2.45) is 52.3 Å². The lowest BCUT2D eigenvalue weighted by atomic mass is 9.49. The van der Waals surface area contributed by atoms with Crippen LogP contribution in [0, 0.1) is 52.3 Å². The van der Waals surface area contributed by atoms with E-state index in [1.54, 1.807) is 0 Å². The van der Waals surface area contributed by atoms with Gasteiger partial charge in [0.2, 0.25) is 0 Å². The predicted molar refractivity (Wildman–Crippen MR) is 155 cm³/mol. The summed E-state index contributed by atoms with van der Waals surface area (Å²) in [5, 5.41) is 0. The molecule has 36 heavy (non-hydrogen) atoms. The van der Waals surface area contributed by atoms with Gasteiger partial charge >= 0.3 is 0 Å². The molecule has 0 aliphatic heterocycles. The number of anilines is 2. The van der Waals surface area contributed by atoms with Crippen molar-refractivity contribution in [1.29, 1.82) is 0 Å². The van der Waals surface area contributed by atoms with E-state index in [-0.39, 0.29) is 6.10 Å². The summed E-state index contributed by atoms with van der Waals surface area (Å²) in [5.41, 5.74) is 14.3. The second-order valence-corrected chi connectivity index (χ2v) is 14.5. The van der Waals surface area contributed by atoms with Crippen LogP contribution >= 0.6 is 0 Å². The smallest absolute Gasteiger partial charge is 0.142 e. The van der Waals surface area contributed by atoms with Gasteiger partial charge in [0, 0.05) is 5.69 Å². The fraction of sp³-hybridized carbons (Fsp3) is 0.818. The molecule has 1 aromatic carbocycles. The summed E-state index contributed by atoms with van der Waals surface area (Å²) in [5.74, 6) is 6.70. The van der Waals surface area contributed by atoms with Crippen molar-refractivity contribution in [3.63, 3.8) is 0 Å². The van der Waals surface area contributed by atoms with Gasteiger partial charge < -0.3 is 16.2 Å². The second-order valence-electron chi connectivity index (χ2n) is 14.5. The number of hydrogen-bond acceptors (Lipinski definition) is 3. The topological polar surface area (TPSA) is 61.3 Å². The molecule has 4 N–H and O–H groups in total. The summed E-state index contributed by atoms with van der Waals surface area (Å²) in [6, 6.07) is 5.66. The molecule has 3 fully saturated rings. The molecule has 0 spiro atoms. The summed E-state index contributed by atoms with van der Waals surface area (Å²) >= 11 is 0. The Hall–Kier alpha value is -1.38. The first-order valence-electron chi connectivity index (χ1n) is 15.2. The number of ether oxygens (including phenoxy) is 1. The fourth-order valence-corrected chi connectivity index (χ4v) is 9.28. The number of rotatable bonds is 8. The van der Waals surface area contributed by atoms with Gasteiger partial charge in [-0.05, 0) is 115 Å². The third-order valence-corrected chi connectivity index (χ3v) is 11.7. The minimum atomic E-state index is 0.275. The molecule has 0 heterocycles. The Morgan fingerprint density at radius 1 is 0.972 bits per heavy atom. The van der Waals surface area contributed by atoms with Gasteiger partial charge in [0.05, 0.1) is 11.8 Å². The van der Waals surface area contributed by atoms with Gasteiger partial charge in [0.25, 0.3) is 0 Å². The number of nitrogens with two attached hydrogens (primary N) is 2. The largest absolute Gasteiger partial charge is 0.488 e. The Labute approximate surface area is 222 Å². The minimum Gasteiger partial charge on any atom is -0.488 e. The van der Waals surface area contributed by atoms with E-state index < -0.39 is 0 Å². The third-order valence-electron chi connectivity index (χ3n) is 11.7. The SMILES string of the molecule is CC(C)CCCC(C)C1CCC(C2CCC3CC(Oc4ccc(N)cc4N)CCC3(C)C2C)C1(C)C. The average Bonchev–Trinajstić information content (AvgIpc) is 3.11. The Morgan fingerprint density at radius 3 is 2.42 bits per heavy atom. The van der Waals surface area contributed by atoms with Crippen LogP contribution < -0.4 is 16.2 Å². The first-order valence-corrected chi connectivity index (χ1v) is 15.2. The van der Waals surface area contributed by atoms with Crippen molar-refractivity contribution >= 4 is 11.4 Å². The lowest BCUT2D eigenvalue weighted by Gasteiger charge is -2.56. The molecule has 3 heteroatoms. The molecule has 8 unspecified atom stereocenters. The summed E-state index contributed by atoms with van der Waals surface area (Å²) in [6.07, 6.45) is 13.7. The maximum Gasteiger partial charge on any atom is 0.142 e. The minimum absolute atomic E-state index is 0.275. The lowest BCUT2D eigenvalue weighted by Crippen LogP contribution is -2.50. The highest BCUT2D eigenvalue weighted by molar-refractivity contribution is 5.60.